The zero-order valence-electron chi connectivity index (χ0n) is 10.5. The van der Waals surface area contributed by atoms with Crippen molar-refractivity contribution in [3.05, 3.63) is 0 Å². The zero-order valence-corrected chi connectivity index (χ0v) is 11.3. The Morgan fingerprint density at radius 2 is 2.00 bits per heavy atom. The van der Waals surface area contributed by atoms with Gasteiger partial charge >= 0.3 is 0 Å². The van der Waals surface area contributed by atoms with Crippen LogP contribution in [0.3, 0.4) is 0 Å². The normalized spacial score (nSPS) is 35.5. The second-order valence-electron chi connectivity index (χ2n) is 5.75. The van der Waals surface area contributed by atoms with Crippen molar-refractivity contribution in [1.29, 1.82) is 5.26 Å². The van der Waals surface area contributed by atoms with E-state index in [1.54, 1.807) is 0 Å². The van der Waals surface area contributed by atoms with E-state index in [9.17, 15) is 13.7 Å². The topological polar surface area (TPSA) is 61.2 Å². The van der Waals surface area contributed by atoms with Crippen LogP contribution in [0.4, 0.5) is 0 Å². The summed E-state index contributed by atoms with van der Waals surface area (Å²) in [6.45, 7) is 4.88. The van der Waals surface area contributed by atoms with E-state index in [1.165, 1.54) is 6.26 Å². The minimum absolute atomic E-state index is 0.431. The van der Waals surface area contributed by atoms with Gasteiger partial charge in [-0.15, -0.1) is 0 Å². The number of sulfone groups is 1. The Kier molecular flexibility index (Phi) is 3.21. The standard InChI is InChI=1S/C12H20N2O2S/c1-10-3-5-14(6-4-10)9-12(8-13)7-11(12)17(2,15)16/h10-11H,3-7,9H2,1-2H3. The SMILES string of the molecule is CC1CCN(CC2(C#N)CC2S(C)(=O)=O)CC1. The van der Waals surface area contributed by atoms with Crippen LogP contribution >= 0.6 is 0 Å². The maximum absolute atomic E-state index is 11.5. The summed E-state index contributed by atoms with van der Waals surface area (Å²) >= 11 is 0. The van der Waals surface area contributed by atoms with E-state index >= 15 is 0 Å². The third-order valence-electron chi connectivity index (χ3n) is 4.13. The highest BCUT2D eigenvalue weighted by atomic mass is 32.2. The summed E-state index contributed by atoms with van der Waals surface area (Å²) in [5.74, 6) is 0.759. The quantitative estimate of drug-likeness (QED) is 0.757. The summed E-state index contributed by atoms with van der Waals surface area (Å²) in [5, 5.41) is 8.80. The summed E-state index contributed by atoms with van der Waals surface area (Å²) in [5.41, 5.74) is -0.617. The van der Waals surface area contributed by atoms with Gasteiger partial charge in [0.2, 0.25) is 0 Å². The number of nitriles is 1. The number of nitrogens with zero attached hydrogens (tertiary/aromatic N) is 2. The van der Waals surface area contributed by atoms with Crippen LogP contribution in [0.2, 0.25) is 0 Å². The van der Waals surface area contributed by atoms with Gasteiger partial charge in [-0.1, -0.05) is 6.92 Å². The Bertz CT molecular complexity index is 432. The summed E-state index contributed by atoms with van der Waals surface area (Å²) in [4.78, 5) is 2.26. The lowest BCUT2D eigenvalue weighted by Gasteiger charge is -2.31. The molecule has 2 aliphatic rings. The highest BCUT2D eigenvalue weighted by Crippen LogP contribution is 2.50. The van der Waals surface area contributed by atoms with Gasteiger partial charge < -0.3 is 4.90 Å². The molecule has 0 radical (unpaired) electrons. The molecule has 2 fully saturated rings. The van der Waals surface area contributed by atoms with Crippen LogP contribution in [-0.4, -0.2) is 44.5 Å². The molecule has 0 aromatic heterocycles. The predicted octanol–water partition coefficient (Wildman–Crippen LogP) is 1.05. The molecule has 1 aliphatic carbocycles. The number of piperidine rings is 1. The fourth-order valence-electron chi connectivity index (χ4n) is 2.77. The highest BCUT2D eigenvalue weighted by Gasteiger charge is 2.61. The number of hydrogen-bond donors (Lipinski definition) is 0. The van der Waals surface area contributed by atoms with Crippen LogP contribution in [0, 0.1) is 22.7 Å². The molecule has 2 rings (SSSR count). The van der Waals surface area contributed by atoms with Crippen molar-refractivity contribution in [3.63, 3.8) is 0 Å². The van der Waals surface area contributed by atoms with Gasteiger partial charge in [0, 0.05) is 12.8 Å². The van der Waals surface area contributed by atoms with Crippen LogP contribution in [0.25, 0.3) is 0 Å². The Hall–Kier alpha value is -0.600. The lowest BCUT2D eigenvalue weighted by Crippen LogP contribution is -2.38. The van der Waals surface area contributed by atoms with Crippen molar-refractivity contribution in [1.82, 2.24) is 4.90 Å². The lowest BCUT2D eigenvalue weighted by molar-refractivity contribution is 0.173. The van der Waals surface area contributed by atoms with Gasteiger partial charge in [0.15, 0.2) is 9.84 Å². The van der Waals surface area contributed by atoms with Crippen molar-refractivity contribution in [2.75, 3.05) is 25.9 Å². The van der Waals surface area contributed by atoms with E-state index in [2.05, 4.69) is 17.9 Å². The molecule has 1 heterocycles. The summed E-state index contributed by atoms with van der Waals surface area (Å²) in [6, 6.07) is 2.25. The van der Waals surface area contributed by atoms with Gasteiger partial charge in [0.25, 0.3) is 0 Å². The molecule has 1 aliphatic heterocycles. The van der Waals surface area contributed by atoms with Gasteiger partial charge in [-0.25, -0.2) is 8.42 Å². The molecular formula is C12H20N2O2S. The van der Waals surface area contributed by atoms with Gasteiger partial charge in [0.1, 0.15) is 0 Å². The molecule has 1 saturated carbocycles. The average molecular weight is 256 g/mol. The van der Waals surface area contributed by atoms with Crippen LogP contribution in [-0.2, 0) is 9.84 Å². The first-order valence-electron chi connectivity index (χ1n) is 6.20. The van der Waals surface area contributed by atoms with E-state index in [0.717, 1.165) is 31.8 Å². The fourth-order valence-corrected chi connectivity index (χ4v) is 4.32. The number of rotatable bonds is 3. The predicted molar refractivity (Wildman–Crippen MR) is 66.1 cm³/mol. The van der Waals surface area contributed by atoms with Gasteiger partial charge in [0.05, 0.1) is 16.7 Å². The molecule has 5 heteroatoms. The van der Waals surface area contributed by atoms with Crippen LogP contribution in [0.1, 0.15) is 26.2 Å². The molecular weight excluding hydrogens is 236 g/mol. The van der Waals surface area contributed by atoms with E-state index in [4.69, 9.17) is 0 Å². The second-order valence-corrected chi connectivity index (χ2v) is 7.98. The summed E-state index contributed by atoms with van der Waals surface area (Å²) in [6.07, 6.45) is 4.08. The first-order valence-corrected chi connectivity index (χ1v) is 8.15. The Morgan fingerprint density at radius 1 is 1.41 bits per heavy atom. The monoisotopic (exact) mass is 256 g/mol. The highest BCUT2D eigenvalue weighted by molar-refractivity contribution is 7.91. The molecule has 96 valence electrons. The lowest BCUT2D eigenvalue weighted by atomic mass is 9.98. The van der Waals surface area contributed by atoms with Crippen molar-refractivity contribution < 1.29 is 8.42 Å². The molecule has 0 amide bonds. The number of likely N-dealkylation sites (tertiary alicyclic amines) is 1. The molecule has 1 saturated heterocycles. The first-order chi connectivity index (χ1) is 7.87. The minimum atomic E-state index is -3.06. The van der Waals surface area contributed by atoms with E-state index in [-0.39, 0.29) is 0 Å². The molecule has 4 nitrogen and oxygen atoms in total. The molecule has 0 spiro atoms. The average Bonchev–Trinajstić information content (AvgIpc) is 2.97. The molecule has 2 atom stereocenters. The molecule has 0 aromatic rings. The smallest absolute Gasteiger partial charge is 0.151 e. The molecule has 17 heavy (non-hydrogen) atoms. The maximum atomic E-state index is 11.5. The van der Waals surface area contributed by atoms with Crippen LogP contribution in [0.5, 0.6) is 0 Å². The van der Waals surface area contributed by atoms with E-state index in [1.807, 2.05) is 0 Å². The van der Waals surface area contributed by atoms with Crippen molar-refractivity contribution in [2.24, 2.45) is 11.3 Å². The largest absolute Gasteiger partial charge is 0.302 e. The van der Waals surface area contributed by atoms with Gasteiger partial charge in [-0.2, -0.15) is 5.26 Å². The fraction of sp³-hybridized carbons (Fsp3) is 0.917. The summed E-state index contributed by atoms with van der Waals surface area (Å²) < 4.78 is 23.0. The maximum Gasteiger partial charge on any atom is 0.151 e. The second kappa shape index (κ2) is 4.25. The third kappa shape index (κ3) is 2.63. The van der Waals surface area contributed by atoms with E-state index in [0.29, 0.717) is 13.0 Å². The molecule has 0 bridgehead atoms. The minimum Gasteiger partial charge on any atom is -0.302 e. The van der Waals surface area contributed by atoms with Crippen molar-refractivity contribution in [2.45, 2.75) is 31.4 Å². The van der Waals surface area contributed by atoms with Gasteiger partial charge in [-0.05, 0) is 38.3 Å². The number of hydrogen-bond acceptors (Lipinski definition) is 4. The van der Waals surface area contributed by atoms with Gasteiger partial charge in [-0.3, -0.25) is 0 Å². The molecule has 2 unspecified atom stereocenters. The Labute approximate surface area is 104 Å². The summed E-state index contributed by atoms with van der Waals surface area (Å²) in [7, 11) is -3.06. The Balaban J connectivity index is 1.97. The Morgan fingerprint density at radius 3 is 2.41 bits per heavy atom. The van der Waals surface area contributed by atoms with Crippen LogP contribution in [0.15, 0.2) is 0 Å². The third-order valence-corrected chi connectivity index (χ3v) is 5.78. The molecule has 0 aromatic carbocycles. The van der Waals surface area contributed by atoms with Crippen molar-refractivity contribution >= 4 is 9.84 Å². The first kappa shape index (κ1) is 12.8. The van der Waals surface area contributed by atoms with E-state index < -0.39 is 20.5 Å². The molecule has 0 N–H and O–H groups in total. The zero-order chi connectivity index (χ0) is 12.7. The van der Waals surface area contributed by atoms with Crippen molar-refractivity contribution in [3.8, 4) is 6.07 Å². The van der Waals surface area contributed by atoms with Crippen LogP contribution < -0.4 is 0 Å².